The fourth-order valence-corrected chi connectivity index (χ4v) is 1.36. The van der Waals surface area contributed by atoms with Gasteiger partial charge in [0.2, 0.25) is 0 Å². The monoisotopic (exact) mass is 188 g/mol. The Bertz CT molecular complexity index is 108. The molecule has 80 valence electrons. The van der Waals surface area contributed by atoms with Crippen molar-refractivity contribution in [1.29, 1.82) is 0 Å². The zero-order valence-electron chi connectivity index (χ0n) is 8.92. The molecular weight excluding hydrogens is 164 g/mol. The summed E-state index contributed by atoms with van der Waals surface area (Å²) >= 11 is 0. The lowest BCUT2D eigenvalue weighted by Crippen LogP contribution is -2.35. The molecule has 5 N–H and O–H groups in total. The maximum absolute atomic E-state index is 5.45. The van der Waals surface area contributed by atoms with Crippen molar-refractivity contribution in [3.8, 4) is 0 Å². The second-order valence-electron chi connectivity index (χ2n) is 3.65. The molecule has 0 rings (SSSR count). The molecule has 4 nitrogen and oxygen atoms in total. The Kier molecular flexibility index (Phi) is 8.33. The molecule has 0 spiro atoms. The predicted molar refractivity (Wildman–Crippen MR) is 57.6 cm³/mol. The van der Waals surface area contributed by atoms with Gasteiger partial charge < -0.3 is 21.7 Å². The summed E-state index contributed by atoms with van der Waals surface area (Å²) in [5, 5.41) is 3.30. The highest BCUT2D eigenvalue weighted by molar-refractivity contribution is 4.62. The highest BCUT2D eigenvalue weighted by Gasteiger charge is 2.04. The van der Waals surface area contributed by atoms with Gasteiger partial charge in [0.05, 0.1) is 0 Å². The topological polar surface area (TPSA) is 67.3 Å². The van der Waals surface area contributed by atoms with Crippen molar-refractivity contribution in [2.45, 2.75) is 6.92 Å². The van der Waals surface area contributed by atoms with Crippen LogP contribution in [0.2, 0.25) is 0 Å². The van der Waals surface area contributed by atoms with Crippen LogP contribution in [-0.4, -0.2) is 51.2 Å². The lowest BCUT2D eigenvalue weighted by molar-refractivity contribution is 0.288. The summed E-state index contributed by atoms with van der Waals surface area (Å²) in [5.74, 6) is 0.656. The third kappa shape index (κ3) is 8.18. The largest absolute Gasteiger partial charge is 0.329 e. The molecule has 4 heteroatoms. The molecule has 0 heterocycles. The van der Waals surface area contributed by atoms with Crippen molar-refractivity contribution in [2.75, 3.05) is 46.3 Å². The van der Waals surface area contributed by atoms with E-state index >= 15 is 0 Å². The first-order valence-electron chi connectivity index (χ1n) is 5.00. The first-order chi connectivity index (χ1) is 6.20. The third-order valence-corrected chi connectivity index (χ3v) is 1.95. The molecule has 0 aromatic heterocycles. The number of nitrogens with one attached hydrogen (secondary N) is 1. The van der Waals surface area contributed by atoms with Crippen molar-refractivity contribution >= 4 is 0 Å². The molecular formula is C9H24N4. The fourth-order valence-electron chi connectivity index (χ4n) is 1.36. The van der Waals surface area contributed by atoms with Gasteiger partial charge in [0.15, 0.2) is 0 Å². The van der Waals surface area contributed by atoms with Gasteiger partial charge in [-0.25, -0.2) is 0 Å². The normalized spacial score (nSPS) is 13.6. The third-order valence-electron chi connectivity index (χ3n) is 1.95. The second-order valence-corrected chi connectivity index (χ2v) is 3.65. The van der Waals surface area contributed by atoms with Crippen molar-refractivity contribution in [1.82, 2.24) is 10.2 Å². The van der Waals surface area contributed by atoms with Crippen LogP contribution in [0.5, 0.6) is 0 Å². The lowest BCUT2D eigenvalue weighted by Gasteiger charge is -2.20. The smallest absolute Gasteiger partial charge is 0.0102 e. The molecule has 0 aliphatic heterocycles. The molecule has 1 unspecified atom stereocenters. The Morgan fingerprint density at radius 2 is 2.00 bits per heavy atom. The first-order valence-corrected chi connectivity index (χ1v) is 5.00. The van der Waals surface area contributed by atoms with Crippen LogP contribution in [0.3, 0.4) is 0 Å². The van der Waals surface area contributed by atoms with Crippen LogP contribution in [0.25, 0.3) is 0 Å². The van der Waals surface area contributed by atoms with Crippen molar-refractivity contribution in [2.24, 2.45) is 17.4 Å². The summed E-state index contributed by atoms with van der Waals surface area (Å²) in [4.78, 5) is 2.26. The Morgan fingerprint density at radius 3 is 2.54 bits per heavy atom. The number of likely N-dealkylation sites (N-methyl/N-ethyl adjacent to an activating group) is 1. The highest BCUT2D eigenvalue weighted by atomic mass is 15.1. The standard InChI is InChI=1S/C9H24N4/c1-9(7-12-5-3-10)8-13(2)6-4-11/h9,12H,3-8,10-11H2,1-2H3. The molecule has 0 radical (unpaired) electrons. The Labute approximate surface area is 81.6 Å². The van der Waals surface area contributed by atoms with E-state index in [1.165, 1.54) is 0 Å². The molecule has 13 heavy (non-hydrogen) atoms. The Balaban J connectivity index is 3.32. The SMILES string of the molecule is CC(CNCCN)CN(C)CCN. The molecule has 0 amide bonds. The fraction of sp³-hybridized carbons (Fsp3) is 1.00. The summed E-state index contributed by atoms with van der Waals surface area (Å²) in [5.41, 5.74) is 10.8. The zero-order valence-corrected chi connectivity index (χ0v) is 8.92. The molecule has 0 aromatic rings. The molecule has 1 atom stereocenters. The molecule has 0 aliphatic rings. The minimum absolute atomic E-state index is 0.656. The average molecular weight is 188 g/mol. The van der Waals surface area contributed by atoms with Crippen LogP contribution in [0.4, 0.5) is 0 Å². The quantitative estimate of drug-likeness (QED) is 0.430. The van der Waals surface area contributed by atoms with Crippen molar-refractivity contribution in [3.63, 3.8) is 0 Å². The van der Waals surface area contributed by atoms with Crippen LogP contribution >= 0.6 is 0 Å². The predicted octanol–water partition coefficient (Wildman–Crippen LogP) is -0.939. The Morgan fingerprint density at radius 1 is 1.31 bits per heavy atom. The van der Waals surface area contributed by atoms with E-state index in [9.17, 15) is 0 Å². The number of nitrogens with two attached hydrogens (primary N) is 2. The zero-order chi connectivity index (χ0) is 10.1. The van der Waals surface area contributed by atoms with Crippen molar-refractivity contribution in [3.05, 3.63) is 0 Å². The van der Waals surface area contributed by atoms with E-state index in [0.717, 1.165) is 32.7 Å². The maximum atomic E-state index is 5.45. The van der Waals surface area contributed by atoms with Crippen molar-refractivity contribution < 1.29 is 0 Å². The molecule has 0 saturated carbocycles. The van der Waals surface area contributed by atoms with Gasteiger partial charge >= 0.3 is 0 Å². The van der Waals surface area contributed by atoms with E-state index in [0.29, 0.717) is 12.5 Å². The van der Waals surface area contributed by atoms with Gasteiger partial charge in [-0.3, -0.25) is 0 Å². The summed E-state index contributed by atoms with van der Waals surface area (Å²) in [7, 11) is 2.10. The summed E-state index contributed by atoms with van der Waals surface area (Å²) < 4.78 is 0. The van der Waals surface area contributed by atoms with Gasteiger partial charge in [-0.05, 0) is 19.5 Å². The van der Waals surface area contributed by atoms with Gasteiger partial charge in [-0.2, -0.15) is 0 Å². The molecule has 0 fully saturated rings. The Hall–Kier alpha value is -0.160. The van der Waals surface area contributed by atoms with Crippen LogP contribution in [0, 0.1) is 5.92 Å². The molecule has 0 aliphatic carbocycles. The van der Waals surface area contributed by atoms with E-state index in [1.54, 1.807) is 0 Å². The van der Waals surface area contributed by atoms with E-state index < -0.39 is 0 Å². The van der Waals surface area contributed by atoms with Crippen LogP contribution in [0.15, 0.2) is 0 Å². The van der Waals surface area contributed by atoms with Gasteiger partial charge in [-0.1, -0.05) is 6.92 Å². The highest BCUT2D eigenvalue weighted by Crippen LogP contribution is 1.95. The van der Waals surface area contributed by atoms with E-state index in [2.05, 4.69) is 24.2 Å². The number of rotatable bonds is 8. The maximum Gasteiger partial charge on any atom is 0.0102 e. The second kappa shape index (κ2) is 8.44. The van der Waals surface area contributed by atoms with Gasteiger partial charge in [0.1, 0.15) is 0 Å². The number of nitrogens with zero attached hydrogens (tertiary/aromatic N) is 1. The molecule has 0 aromatic carbocycles. The number of hydrogen-bond donors (Lipinski definition) is 3. The lowest BCUT2D eigenvalue weighted by atomic mass is 10.1. The van der Waals surface area contributed by atoms with Gasteiger partial charge in [0.25, 0.3) is 0 Å². The summed E-state index contributed by atoms with van der Waals surface area (Å²) in [6.07, 6.45) is 0. The van der Waals surface area contributed by atoms with Crippen LogP contribution in [0.1, 0.15) is 6.92 Å². The minimum atomic E-state index is 0.656. The molecule has 0 bridgehead atoms. The van der Waals surface area contributed by atoms with E-state index in [4.69, 9.17) is 11.5 Å². The van der Waals surface area contributed by atoms with E-state index in [-0.39, 0.29) is 0 Å². The average Bonchev–Trinajstić information content (AvgIpc) is 2.05. The van der Waals surface area contributed by atoms with Gasteiger partial charge in [0, 0.05) is 32.7 Å². The van der Waals surface area contributed by atoms with E-state index in [1.807, 2.05) is 0 Å². The minimum Gasteiger partial charge on any atom is -0.329 e. The molecule has 0 saturated heterocycles. The summed E-state index contributed by atoms with van der Waals surface area (Å²) in [6, 6.07) is 0. The van der Waals surface area contributed by atoms with Crippen LogP contribution < -0.4 is 16.8 Å². The van der Waals surface area contributed by atoms with Gasteiger partial charge in [-0.15, -0.1) is 0 Å². The van der Waals surface area contributed by atoms with Crippen LogP contribution in [-0.2, 0) is 0 Å². The first kappa shape index (κ1) is 12.8. The number of hydrogen-bond acceptors (Lipinski definition) is 4. The summed E-state index contributed by atoms with van der Waals surface area (Å²) in [6.45, 7) is 7.69.